The monoisotopic (exact) mass is 81.2 g/mol. The van der Waals surface area contributed by atoms with Crippen molar-refractivity contribution in [3.05, 3.63) is 0 Å². The summed E-state index contributed by atoms with van der Waals surface area (Å²) in [4.78, 5) is 0. The van der Waals surface area contributed by atoms with Gasteiger partial charge < -0.3 is 0 Å². The van der Waals surface area contributed by atoms with Crippen LogP contribution in [0, 0.1) is 0 Å². The number of hydrogen-bond acceptors (Lipinski definition) is 0. The Balaban J connectivity index is 5.30. The highest BCUT2D eigenvalue weighted by Gasteiger charge is 1.68. The van der Waals surface area contributed by atoms with Crippen LogP contribution in [-0.4, -0.2) is 0 Å². The highest BCUT2D eigenvalue weighted by molar-refractivity contribution is 4.24. The van der Waals surface area contributed by atoms with E-state index in [2.05, 4.69) is 0 Å². The Labute approximate surface area is 46.8 Å². The van der Waals surface area contributed by atoms with E-state index in [1.807, 2.05) is 0 Å². The zero-order valence-corrected chi connectivity index (χ0v) is 3.00. The van der Waals surface area contributed by atoms with Crippen LogP contribution in [-0.2, 0) is 0 Å². The highest BCUT2D eigenvalue weighted by atomic mass is 13.7. The van der Waals surface area contributed by atoms with Gasteiger partial charge in [0, 0.05) is 12.3 Å². The van der Waals surface area contributed by atoms with E-state index in [1.165, 1.54) is 0 Å². The maximum atomic E-state index is 7.19. The molecule has 5 heavy (non-hydrogen) atoms. The maximum absolute atomic E-state index is 7.19. The molecule has 0 saturated heterocycles. The van der Waals surface area contributed by atoms with Crippen LogP contribution < -0.4 is 0 Å². The van der Waals surface area contributed by atoms with E-state index >= 15 is 0 Å². The van der Waals surface area contributed by atoms with Crippen molar-refractivity contribution in [1.82, 2.24) is 0 Å². The largest absolute Gasteiger partial charge is 0.0654 e. The van der Waals surface area contributed by atoms with E-state index in [9.17, 15) is 0 Å². The van der Waals surface area contributed by atoms with Gasteiger partial charge in [-0.2, -0.15) is 0 Å². The summed E-state index contributed by atoms with van der Waals surface area (Å²) in [5.41, 5.74) is 0. The van der Waals surface area contributed by atoms with Gasteiger partial charge in [0.1, 0.15) is 0 Å². The summed E-state index contributed by atoms with van der Waals surface area (Å²) in [7, 11) is 0. The molecule has 0 fully saturated rings. The van der Waals surface area contributed by atoms with Gasteiger partial charge in [-0.3, -0.25) is 0 Å². The predicted molar refractivity (Wildman–Crippen MR) is 25.2 cm³/mol. The van der Waals surface area contributed by atoms with Crippen molar-refractivity contribution in [2.24, 2.45) is 0 Å². The fraction of sp³-hybridized carbons (Fsp3) is 1.00. The molecule has 32 valence electrons. The summed E-state index contributed by atoms with van der Waals surface area (Å²) in [6.45, 7) is -2.38. The first-order chi connectivity index (χ1) is 5.75. The van der Waals surface area contributed by atoms with E-state index < -0.39 is 26.0 Å². The number of hydrogen-bond donors (Lipinski definition) is 0. The van der Waals surface area contributed by atoms with Crippen molar-refractivity contribution in [3.63, 3.8) is 0 Å². The Hall–Kier alpha value is 0. The molecule has 0 aliphatic rings. The summed E-state index contributed by atoms with van der Waals surface area (Å²) in [6.07, 6.45) is -8.87. The molecule has 0 unspecified atom stereocenters. The smallest absolute Gasteiger partial charge is 0.0266 e. The maximum Gasteiger partial charge on any atom is 0.0266 e. The zero-order chi connectivity index (χ0) is 12.0. The lowest BCUT2D eigenvalue weighted by Gasteiger charge is -1.79. The van der Waals surface area contributed by atoms with Gasteiger partial charge in [-0.25, -0.2) is 0 Å². The van der Waals surface area contributed by atoms with Gasteiger partial charge in [-0.05, 0) is 0 Å². The molecule has 0 aliphatic carbocycles. The predicted octanol–water partition coefficient (Wildman–Crippen LogP) is 2.20. The fourth-order valence-electron chi connectivity index (χ4n) is 0.0625. The molecule has 0 rings (SSSR count). The quantitative estimate of drug-likeness (QED) is 0.478. The normalized spacial score (nSPS) is 46.2. The second kappa shape index (κ2) is 4.00. The van der Waals surface area contributed by atoms with Crippen molar-refractivity contribution < 1.29 is 12.3 Å². The molecule has 0 N–H and O–H groups in total. The third kappa shape index (κ3) is 4.00. The van der Waals surface area contributed by atoms with Gasteiger partial charge in [0.25, 0.3) is 0 Å². The van der Waals surface area contributed by atoms with Crippen LogP contribution in [0.15, 0.2) is 0 Å². The first-order valence-electron chi connectivity index (χ1n) is 5.75. The molecule has 0 bridgehead atoms. The summed E-state index contributed by atoms with van der Waals surface area (Å²) >= 11 is 0. The number of rotatable bonds is 2. The van der Waals surface area contributed by atoms with E-state index in [1.54, 1.807) is 0 Å². The SMILES string of the molecule is [2H]C([2H])([2H])C([2H])([2H])C([2H])([2H])C([2H])([2H])C. The summed E-state index contributed by atoms with van der Waals surface area (Å²) in [6, 6.07) is 0. The summed E-state index contributed by atoms with van der Waals surface area (Å²) in [5, 5.41) is 0. The van der Waals surface area contributed by atoms with Gasteiger partial charge in [0.15, 0.2) is 0 Å². The lowest BCUT2D eigenvalue weighted by atomic mass is 10.3. The van der Waals surface area contributed by atoms with E-state index in [4.69, 9.17) is 12.3 Å². The molecule has 0 aromatic heterocycles. The van der Waals surface area contributed by atoms with Gasteiger partial charge in [0.2, 0.25) is 0 Å². The third-order valence-corrected chi connectivity index (χ3v) is 0.188. The van der Waals surface area contributed by atoms with E-state index in [-0.39, 0.29) is 0 Å². The molecule has 0 saturated carbocycles. The van der Waals surface area contributed by atoms with Crippen LogP contribution in [0.5, 0.6) is 0 Å². The Bertz CT molecular complexity index is 182. The Morgan fingerprint density at radius 2 is 2.60 bits per heavy atom. The van der Waals surface area contributed by atoms with Crippen LogP contribution in [0.25, 0.3) is 0 Å². The third-order valence-electron chi connectivity index (χ3n) is 0.188. The molecular formula is C5H12. The highest BCUT2D eigenvalue weighted by Crippen LogP contribution is 1.88. The molecule has 0 heteroatoms. The van der Waals surface area contributed by atoms with Crippen molar-refractivity contribution in [2.75, 3.05) is 0 Å². The molecule has 0 amide bonds. The van der Waals surface area contributed by atoms with Crippen LogP contribution >= 0.6 is 0 Å². The van der Waals surface area contributed by atoms with Crippen molar-refractivity contribution in [2.45, 2.75) is 32.9 Å². The van der Waals surface area contributed by atoms with Crippen LogP contribution in [0.2, 0.25) is 0 Å². The molecule has 0 aromatic carbocycles. The minimum Gasteiger partial charge on any atom is -0.0654 e. The minimum absolute atomic E-state index is 0.816. The first kappa shape index (κ1) is 0.473. The molecule has 0 radical (unpaired) electrons. The summed E-state index contributed by atoms with van der Waals surface area (Å²) < 4.78 is 63.2. The van der Waals surface area contributed by atoms with Crippen LogP contribution in [0.3, 0.4) is 0 Å². The lowest BCUT2D eigenvalue weighted by molar-refractivity contribution is 0.772. The van der Waals surface area contributed by atoms with Crippen molar-refractivity contribution in [1.29, 1.82) is 0 Å². The van der Waals surface area contributed by atoms with E-state index in [0.29, 0.717) is 0 Å². The van der Waals surface area contributed by atoms with Gasteiger partial charge >= 0.3 is 0 Å². The van der Waals surface area contributed by atoms with Gasteiger partial charge in [0.05, 0.1) is 0 Å². The second-order valence-corrected chi connectivity index (χ2v) is 0.500. The van der Waals surface area contributed by atoms with Crippen LogP contribution in [0.1, 0.15) is 45.2 Å². The molecule has 0 aliphatic heterocycles. The van der Waals surface area contributed by atoms with Crippen molar-refractivity contribution in [3.8, 4) is 0 Å². The topological polar surface area (TPSA) is 0 Å². The zero-order valence-electron chi connectivity index (χ0n) is 12.0. The average Bonchev–Trinajstić information content (AvgIpc) is 1.81. The van der Waals surface area contributed by atoms with Crippen LogP contribution in [0.4, 0.5) is 0 Å². The standard InChI is InChI=1S/C5H12/c1-3-5-4-2/h3-5H2,1-2H3/i1D3,3D2,4D2,5D2. The van der Waals surface area contributed by atoms with Crippen molar-refractivity contribution >= 4 is 0 Å². The molecule has 0 aromatic rings. The molecule has 0 heterocycles. The second-order valence-electron chi connectivity index (χ2n) is 0.500. The van der Waals surface area contributed by atoms with Gasteiger partial charge in [-0.15, -0.1) is 0 Å². The summed E-state index contributed by atoms with van der Waals surface area (Å²) in [5.74, 6) is 0. The Morgan fingerprint density at radius 1 is 1.80 bits per heavy atom. The first-order valence-corrected chi connectivity index (χ1v) is 1.25. The molecule has 0 atom stereocenters. The van der Waals surface area contributed by atoms with E-state index in [0.717, 1.165) is 6.92 Å². The molecule has 0 nitrogen and oxygen atoms in total. The van der Waals surface area contributed by atoms with Gasteiger partial charge in [-0.1, -0.05) is 32.9 Å². The molecular weight excluding hydrogens is 60.1 g/mol. The lowest BCUT2D eigenvalue weighted by Crippen LogP contribution is -1.59. The molecule has 0 spiro atoms. The average molecular weight is 81.2 g/mol. The Morgan fingerprint density at radius 3 is 2.80 bits per heavy atom. The fourth-order valence-corrected chi connectivity index (χ4v) is 0.0625. The minimum atomic E-state index is -3.22. The Kier molecular flexibility index (Phi) is 0.379.